The van der Waals surface area contributed by atoms with Gasteiger partial charge in [-0.1, -0.05) is 18.2 Å². The first-order valence-corrected chi connectivity index (χ1v) is 7.76. The van der Waals surface area contributed by atoms with Gasteiger partial charge in [0.1, 0.15) is 5.75 Å². The largest absolute Gasteiger partial charge is 0.496 e. The predicted molar refractivity (Wildman–Crippen MR) is 88.3 cm³/mol. The molecule has 0 spiro atoms. The summed E-state index contributed by atoms with van der Waals surface area (Å²) in [6.45, 7) is 0.542. The van der Waals surface area contributed by atoms with Crippen molar-refractivity contribution in [1.82, 2.24) is 9.55 Å². The minimum absolute atomic E-state index is 0.0847. The number of rotatable bonds is 7. The summed E-state index contributed by atoms with van der Waals surface area (Å²) in [7, 11) is 1.58. The zero-order valence-electron chi connectivity index (χ0n) is 13.7. The van der Waals surface area contributed by atoms with Gasteiger partial charge in [-0.05, 0) is 6.07 Å². The van der Waals surface area contributed by atoms with Gasteiger partial charge in [0.15, 0.2) is 11.6 Å². The van der Waals surface area contributed by atoms with E-state index < -0.39 is 17.7 Å². The molecule has 25 heavy (non-hydrogen) atoms. The molecule has 7 heteroatoms. The van der Waals surface area contributed by atoms with Crippen LogP contribution in [0.4, 0.5) is 8.78 Å². The molecule has 5 nitrogen and oxygen atoms in total. The summed E-state index contributed by atoms with van der Waals surface area (Å²) in [5.41, 5.74) is 1.63. The Hall–Kier alpha value is -2.51. The molecule has 0 amide bonds. The van der Waals surface area contributed by atoms with E-state index in [-0.39, 0.29) is 13.2 Å². The molecule has 0 bridgehead atoms. The molecule has 0 aliphatic carbocycles. The van der Waals surface area contributed by atoms with Crippen LogP contribution in [-0.2, 0) is 17.9 Å². The van der Waals surface area contributed by atoms with Crippen LogP contribution >= 0.6 is 0 Å². The van der Waals surface area contributed by atoms with Crippen LogP contribution in [0.5, 0.6) is 5.75 Å². The molecule has 0 fully saturated rings. The molecule has 1 N–H and O–H groups in total. The van der Waals surface area contributed by atoms with E-state index in [4.69, 9.17) is 9.47 Å². The molecule has 1 atom stereocenters. The Kier molecular flexibility index (Phi) is 5.25. The van der Waals surface area contributed by atoms with Crippen LogP contribution in [0.1, 0.15) is 5.56 Å². The Morgan fingerprint density at radius 1 is 1.20 bits per heavy atom. The van der Waals surface area contributed by atoms with Crippen molar-refractivity contribution in [2.45, 2.75) is 19.3 Å². The average molecular weight is 348 g/mol. The van der Waals surface area contributed by atoms with E-state index in [9.17, 15) is 13.9 Å². The van der Waals surface area contributed by atoms with Gasteiger partial charge in [0.2, 0.25) is 0 Å². The van der Waals surface area contributed by atoms with Crippen LogP contribution in [0.3, 0.4) is 0 Å². The second kappa shape index (κ2) is 7.58. The Morgan fingerprint density at radius 2 is 1.96 bits per heavy atom. The maximum atomic E-state index is 13.4. The maximum Gasteiger partial charge on any atom is 0.161 e. The lowest BCUT2D eigenvalue weighted by atomic mass is 10.2. The van der Waals surface area contributed by atoms with Crippen LogP contribution in [0.15, 0.2) is 42.7 Å². The molecule has 1 aromatic heterocycles. The molecule has 0 saturated heterocycles. The van der Waals surface area contributed by atoms with E-state index in [1.165, 1.54) is 6.33 Å². The normalized spacial score (nSPS) is 12.5. The number of aliphatic hydroxyl groups is 1. The predicted octanol–water partition coefficient (Wildman–Crippen LogP) is 2.90. The van der Waals surface area contributed by atoms with Crippen molar-refractivity contribution < 1.29 is 23.4 Å². The highest BCUT2D eigenvalue weighted by molar-refractivity contribution is 5.75. The standard InChI is InChI=1S/C18H18F2N2O3/c1-24-18-5-3-2-4-12(18)9-25-10-13(23)8-22-11-21-16-6-14(19)15(20)7-17(16)22/h2-7,11,13,23H,8-10H2,1H3. The first-order valence-electron chi connectivity index (χ1n) is 7.76. The average Bonchev–Trinajstić information content (AvgIpc) is 2.97. The molecule has 0 saturated carbocycles. The van der Waals surface area contributed by atoms with Crippen LogP contribution in [0, 0.1) is 11.6 Å². The number of fused-ring (bicyclic) bond motifs is 1. The summed E-state index contributed by atoms with van der Waals surface area (Å²) in [4.78, 5) is 4.01. The molecule has 0 aliphatic heterocycles. The quantitative estimate of drug-likeness (QED) is 0.713. The SMILES string of the molecule is COc1ccccc1COCC(O)Cn1cnc2cc(F)c(F)cc21. The third kappa shape index (κ3) is 3.94. The molecule has 2 aromatic carbocycles. The number of hydrogen-bond donors (Lipinski definition) is 1. The zero-order valence-corrected chi connectivity index (χ0v) is 13.7. The Labute approximate surface area is 143 Å². The monoisotopic (exact) mass is 348 g/mol. The van der Waals surface area contributed by atoms with Gasteiger partial charge in [-0.15, -0.1) is 0 Å². The van der Waals surface area contributed by atoms with Gasteiger partial charge in [0.05, 0.1) is 50.3 Å². The van der Waals surface area contributed by atoms with Crippen LogP contribution in [0.2, 0.25) is 0 Å². The number of aromatic nitrogens is 2. The number of para-hydroxylation sites is 1. The highest BCUT2D eigenvalue weighted by Crippen LogP contribution is 2.19. The number of hydrogen-bond acceptors (Lipinski definition) is 4. The molecule has 1 unspecified atom stereocenters. The van der Waals surface area contributed by atoms with E-state index in [1.54, 1.807) is 11.7 Å². The molecule has 0 aliphatic rings. The number of nitrogens with zero attached hydrogens (tertiary/aromatic N) is 2. The van der Waals surface area contributed by atoms with Crippen molar-refractivity contribution in [1.29, 1.82) is 0 Å². The van der Waals surface area contributed by atoms with E-state index in [2.05, 4.69) is 4.98 Å². The number of imidazole rings is 1. The van der Waals surface area contributed by atoms with E-state index >= 15 is 0 Å². The lowest BCUT2D eigenvalue weighted by molar-refractivity contribution is 0.0202. The fraction of sp³-hybridized carbons (Fsp3) is 0.278. The van der Waals surface area contributed by atoms with E-state index in [0.29, 0.717) is 17.6 Å². The third-order valence-corrected chi connectivity index (χ3v) is 3.83. The summed E-state index contributed by atoms with van der Waals surface area (Å²) >= 11 is 0. The molecule has 132 valence electrons. The topological polar surface area (TPSA) is 56.5 Å². The fourth-order valence-electron chi connectivity index (χ4n) is 2.61. The molecule has 0 radical (unpaired) electrons. The van der Waals surface area contributed by atoms with E-state index in [0.717, 1.165) is 23.4 Å². The third-order valence-electron chi connectivity index (χ3n) is 3.83. The second-order valence-corrected chi connectivity index (χ2v) is 5.63. The molecule has 3 rings (SSSR count). The van der Waals surface area contributed by atoms with Gasteiger partial charge < -0.3 is 19.1 Å². The molecular formula is C18H18F2N2O3. The van der Waals surface area contributed by atoms with Gasteiger partial charge >= 0.3 is 0 Å². The van der Waals surface area contributed by atoms with Gasteiger partial charge in [-0.25, -0.2) is 13.8 Å². The van der Waals surface area contributed by atoms with Crippen LogP contribution in [-0.4, -0.2) is 34.5 Å². The number of methoxy groups -OCH3 is 1. The lowest BCUT2D eigenvalue weighted by Crippen LogP contribution is -2.21. The number of halogens is 2. The van der Waals surface area contributed by atoms with Gasteiger partial charge in [-0.3, -0.25) is 0 Å². The number of benzene rings is 2. The van der Waals surface area contributed by atoms with Crippen molar-refractivity contribution in [3.05, 3.63) is 59.9 Å². The van der Waals surface area contributed by atoms with Crippen molar-refractivity contribution in [2.24, 2.45) is 0 Å². The molecular weight excluding hydrogens is 330 g/mol. The number of ether oxygens (including phenoxy) is 2. The minimum atomic E-state index is -0.948. The molecule has 1 heterocycles. The minimum Gasteiger partial charge on any atom is -0.496 e. The van der Waals surface area contributed by atoms with Crippen molar-refractivity contribution in [3.63, 3.8) is 0 Å². The highest BCUT2D eigenvalue weighted by atomic mass is 19.2. The summed E-state index contributed by atoms with van der Waals surface area (Å²) in [5, 5.41) is 10.1. The summed E-state index contributed by atoms with van der Waals surface area (Å²) < 4.78 is 38.9. The summed E-state index contributed by atoms with van der Waals surface area (Å²) in [6.07, 6.45) is 0.618. The maximum absolute atomic E-state index is 13.4. The van der Waals surface area contributed by atoms with Gasteiger partial charge in [0, 0.05) is 17.7 Å². The van der Waals surface area contributed by atoms with Gasteiger partial charge in [-0.2, -0.15) is 0 Å². The van der Waals surface area contributed by atoms with Crippen LogP contribution in [0.25, 0.3) is 11.0 Å². The first-order chi connectivity index (χ1) is 12.1. The first kappa shape index (κ1) is 17.3. The fourth-order valence-corrected chi connectivity index (χ4v) is 2.61. The van der Waals surface area contributed by atoms with Crippen molar-refractivity contribution in [3.8, 4) is 5.75 Å². The van der Waals surface area contributed by atoms with Crippen molar-refractivity contribution >= 4 is 11.0 Å². The molecule has 3 aromatic rings. The Morgan fingerprint density at radius 3 is 2.76 bits per heavy atom. The smallest absolute Gasteiger partial charge is 0.161 e. The highest BCUT2D eigenvalue weighted by Gasteiger charge is 2.12. The zero-order chi connectivity index (χ0) is 17.8. The van der Waals surface area contributed by atoms with E-state index in [1.807, 2.05) is 24.3 Å². The Balaban J connectivity index is 1.59. The summed E-state index contributed by atoms with van der Waals surface area (Å²) in [5.74, 6) is -1.18. The summed E-state index contributed by atoms with van der Waals surface area (Å²) in [6, 6.07) is 9.56. The van der Waals surface area contributed by atoms with Gasteiger partial charge in [0.25, 0.3) is 0 Å². The Bertz CT molecular complexity index is 867. The number of aliphatic hydroxyl groups excluding tert-OH is 1. The van der Waals surface area contributed by atoms with Crippen LogP contribution < -0.4 is 4.74 Å². The second-order valence-electron chi connectivity index (χ2n) is 5.63. The van der Waals surface area contributed by atoms with Crippen molar-refractivity contribution in [2.75, 3.05) is 13.7 Å². The lowest BCUT2D eigenvalue weighted by Gasteiger charge is -2.14.